The van der Waals surface area contributed by atoms with Crippen molar-refractivity contribution in [2.75, 3.05) is 13.7 Å². The van der Waals surface area contributed by atoms with Crippen molar-refractivity contribution in [1.82, 2.24) is 0 Å². The number of carbonyl (C=O) groups excluding carboxylic acids is 2. The zero-order valence-corrected chi connectivity index (χ0v) is 11.0. The van der Waals surface area contributed by atoms with E-state index in [-0.39, 0.29) is 12.2 Å². The van der Waals surface area contributed by atoms with Crippen molar-refractivity contribution in [3.8, 4) is 0 Å². The average molecular weight is 260 g/mol. The van der Waals surface area contributed by atoms with E-state index >= 15 is 0 Å². The lowest BCUT2D eigenvalue weighted by Gasteiger charge is -2.01. The van der Waals surface area contributed by atoms with Crippen molar-refractivity contribution in [3.05, 3.63) is 53.6 Å². The van der Waals surface area contributed by atoms with Crippen molar-refractivity contribution in [3.63, 3.8) is 0 Å². The van der Waals surface area contributed by atoms with Gasteiger partial charge >= 0.3 is 11.9 Å². The Hall–Kier alpha value is -2.36. The normalized spacial score (nSPS) is 11.4. The van der Waals surface area contributed by atoms with E-state index < -0.39 is 11.9 Å². The average Bonchev–Trinajstić information content (AvgIpc) is 2.44. The number of benzene rings is 1. The van der Waals surface area contributed by atoms with Crippen molar-refractivity contribution in [2.45, 2.75) is 6.92 Å². The number of methoxy groups -OCH3 is 1. The standard InChI is InChI=1S/C15H16O4/c1-3-19-14(16)11-13(15(17)18-2)10-9-12-7-5-4-6-8-12/h4-11H,3H2,1-2H3/b10-9+,13-11+. The Morgan fingerprint density at radius 2 is 1.89 bits per heavy atom. The molecule has 0 fully saturated rings. The molecule has 1 aromatic rings. The lowest BCUT2D eigenvalue weighted by molar-refractivity contribution is -0.139. The second-order valence-electron chi connectivity index (χ2n) is 3.59. The van der Waals surface area contributed by atoms with Crippen LogP contribution in [-0.2, 0) is 19.1 Å². The molecule has 1 rings (SSSR count). The number of hydrogen-bond donors (Lipinski definition) is 0. The van der Waals surface area contributed by atoms with Crippen LogP contribution in [0.25, 0.3) is 6.08 Å². The van der Waals surface area contributed by atoms with Gasteiger partial charge in [0.25, 0.3) is 0 Å². The van der Waals surface area contributed by atoms with Crippen LogP contribution in [0.1, 0.15) is 12.5 Å². The highest BCUT2D eigenvalue weighted by molar-refractivity contribution is 5.99. The first-order valence-corrected chi connectivity index (χ1v) is 5.87. The summed E-state index contributed by atoms with van der Waals surface area (Å²) in [5.41, 5.74) is 1.06. The van der Waals surface area contributed by atoms with Crippen molar-refractivity contribution >= 4 is 18.0 Å². The molecule has 4 nitrogen and oxygen atoms in total. The van der Waals surface area contributed by atoms with Crippen LogP contribution >= 0.6 is 0 Å². The summed E-state index contributed by atoms with van der Waals surface area (Å²) in [6.45, 7) is 1.95. The third-order valence-corrected chi connectivity index (χ3v) is 2.24. The maximum absolute atomic E-state index is 11.5. The van der Waals surface area contributed by atoms with Gasteiger partial charge in [-0.25, -0.2) is 9.59 Å². The van der Waals surface area contributed by atoms with Gasteiger partial charge in [0.2, 0.25) is 0 Å². The van der Waals surface area contributed by atoms with Crippen LogP contribution in [0.2, 0.25) is 0 Å². The van der Waals surface area contributed by atoms with Gasteiger partial charge in [0, 0.05) is 6.08 Å². The smallest absolute Gasteiger partial charge is 0.338 e. The fourth-order valence-electron chi connectivity index (χ4n) is 1.35. The first kappa shape index (κ1) is 14.7. The second kappa shape index (κ2) is 7.87. The molecule has 0 aliphatic carbocycles. The molecule has 0 unspecified atom stereocenters. The number of carbonyl (C=O) groups is 2. The van der Waals surface area contributed by atoms with Crippen molar-refractivity contribution in [2.24, 2.45) is 0 Å². The van der Waals surface area contributed by atoms with E-state index in [1.54, 1.807) is 13.0 Å². The Bertz CT molecular complexity index is 486. The maximum Gasteiger partial charge on any atom is 0.338 e. The summed E-state index contributed by atoms with van der Waals surface area (Å²) < 4.78 is 9.38. The molecule has 0 spiro atoms. The highest BCUT2D eigenvalue weighted by Crippen LogP contribution is 2.07. The van der Waals surface area contributed by atoms with Gasteiger partial charge in [-0.15, -0.1) is 0 Å². The quantitative estimate of drug-likeness (QED) is 0.463. The van der Waals surface area contributed by atoms with Gasteiger partial charge in [-0.05, 0) is 18.6 Å². The molecule has 0 atom stereocenters. The molecule has 0 radical (unpaired) electrons. The highest BCUT2D eigenvalue weighted by Gasteiger charge is 2.09. The van der Waals surface area contributed by atoms with Gasteiger partial charge in [-0.2, -0.15) is 0 Å². The molecule has 1 aromatic carbocycles. The summed E-state index contributed by atoms with van der Waals surface area (Å²) in [7, 11) is 1.26. The molecule has 100 valence electrons. The zero-order valence-electron chi connectivity index (χ0n) is 11.0. The van der Waals surface area contributed by atoms with E-state index in [4.69, 9.17) is 4.74 Å². The van der Waals surface area contributed by atoms with Gasteiger partial charge in [0.1, 0.15) is 0 Å². The third-order valence-electron chi connectivity index (χ3n) is 2.24. The third kappa shape index (κ3) is 5.21. The van der Waals surface area contributed by atoms with Gasteiger partial charge in [0.15, 0.2) is 0 Å². The molecule has 0 heterocycles. The summed E-state index contributed by atoms with van der Waals surface area (Å²) in [6, 6.07) is 9.43. The number of hydrogen-bond acceptors (Lipinski definition) is 4. The van der Waals surface area contributed by atoms with Crippen LogP contribution in [0.5, 0.6) is 0 Å². The lowest BCUT2D eigenvalue weighted by Crippen LogP contribution is -2.07. The number of rotatable bonds is 5. The Kier molecular flexibility index (Phi) is 6.09. The molecule has 4 heteroatoms. The number of esters is 2. The molecule has 0 N–H and O–H groups in total. The summed E-state index contributed by atoms with van der Waals surface area (Å²) in [5.74, 6) is -1.15. The van der Waals surface area contributed by atoms with Gasteiger partial charge < -0.3 is 9.47 Å². The van der Waals surface area contributed by atoms with E-state index in [0.29, 0.717) is 0 Å². The lowest BCUT2D eigenvalue weighted by atomic mass is 10.1. The topological polar surface area (TPSA) is 52.6 Å². The molecule has 0 amide bonds. The van der Waals surface area contributed by atoms with Gasteiger partial charge in [0.05, 0.1) is 19.3 Å². The van der Waals surface area contributed by atoms with E-state index in [1.165, 1.54) is 13.2 Å². The summed E-state index contributed by atoms with van der Waals surface area (Å²) in [5, 5.41) is 0. The first-order chi connectivity index (χ1) is 9.17. The summed E-state index contributed by atoms with van der Waals surface area (Å²) >= 11 is 0. The van der Waals surface area contributed by atoms with Crippen LogP contribution in [-0.4, -0.2) is 25.7 Å². The molecule has 19 heavy (non-hydrogen) atoms. The van der Waals surface area contributed by atoms with Crippen LogP contribution in [0, 0.1) is 0 Å². The fourth-order valence-corrected chi connectivity index (χ4v) is 1.35. The van der Waals surface area contributed by atoms with Crippen LogP contribution < -0.4 is 0 Å². The number of ether oxygens (including phenoxy) is 2. The van der Waals surface area contributed by atoms with Crippen molar-refractivity contribution in [1.29, 1.82) is 0 Å². The first-order valence-electron chi connectivity index (χ1n) is 5.87. The van der Waals surface area contributed by atoms with Crippen LogP contribution in [0.4, 0.5) is 0 Å². The molecular weight excluding hydrogens is 244 g/mol. The summed E-state index contributed by atoms with van der Waals surface area (Å²) in [6.07, 6.45) is 4.37. The molecule has 0 saturated heterocycles. The van der Waals surface area contributed by atoms with E-state index in [0.717, 1.165) is 11.6 Å². The van der Waals surface area contributed by atoms with Crippen molar-refractivity contribution < 1.29 is 19.1 Å². The summed E-state index contributed by atoms with van der Waals surface area (Å²) in [4.78, 5) is 22.9. The molecule has 0 aliphatic heterocycles. The minimum Gasteiger partial charge on any atom is -0.465 e. The monoisotopic (exact) mass is 260 g/mol. The fraction of sp³-hybridized carbons (Fsp3) is 0.200. The molecular formula is C15H16O4. The Morgan fingerprint density at radius 1 is 1.21 bits per heavy atom. The molecule has 0 aromatic heterocycles. The predicted octanol–water partition coefficient (Wildman–Crippen LogP) is 2.36. The largest absolute Gasteiger partial charge is 0.465 e. The van der Waals surface area contributed by atoms with E-state index in [9.17, 15) is 9.59 Å². The van der Waals surface area contributed by atoms with E-state index in [1.807, 2.05) is 30.3 Å². The molecule has 0 aliphatic rings. The predicted molar refractivity (Wildman–Crippen MR) is 72.2 cm³/mol. The van der Waals surface area contributed by atoms with E-state index in [2.05, 4.69) is 4.74 Å². The Balaban J connectivity index is 2.90. The van der Waals surface area contributed by atoms with Gasteiger partial charge in [-0.1, -0.05) is 36.4 Å². The Morgan fingerprint density at radius 3 is 2.47 bits per heavy atom. The SMILES string of the molecule is CCOC(=O)/C=C(\C=C\c1ccccc1)C(=O)OC. The molecule has 0 bridgehead atoms. The minimum atomic E-state index is -0.583. The zero-order chi connectivity index (χ0) is 14.1. The molecule has 0 saturated carbocycles. The Labute approximate surface area is 112 Å². The van der Waals surface area contributed by atoms with Crippen LogP contribution in [0.3, 0.4) is 0 Å². The maximum atomic E-state index is 11.5. The second-order valence-corrected chi connectivity index (χ2v) is 3.59. The minimum absolute atomic E-state index is 0.143. The highest BCUT2D eigenvalue weighted by atomic mass is 16.5. The van der Waals surface area contributed by atoms with Gasteiger partial charge in [-0.3, -0.25) is 0 Å². The van der Waals surface area contributed by atoms with Crippen LogP contribution in [0.15, 0.2) is 48.1 Å².